The Morgan fingerprint density at radius 3 is 2.80 bits per heavy atom. The Morgan fingerprint density at radius 1 is 1.27 bits per heavy atom. The zero-order chi connectivity index (χ0) is 20.9. The van der Waals surface area contributed by atoms with Crippen LogP contribution in [0.1, 0.15) is 17.5 Å². The van der Waals surface area contributed by atoms with Gasteiger partial charge in [0.05, 0.1) is 12.3 Å². The number of carbonyl (C=O) groups excluding carboxylic acids is 1. The molecule has 7 nitrogen and oxygen atoms in total. The third-order valence-corrected chi connectivity index (χ3v) is 5.16. The monoisotopic (exact) mass is 403 g/mol. The predicted octanol–water partition coefficient (Wildman–Crippen LogP) is 2.70. The predicted molar refractivity (Wildman–Crippen MR) is 116 cm³/mol. The molecule has 0 aliphatic carbocycles. The Balaban J connectivity index is 1.37. The number of anilines is 1. The van der Waals surface area contributed by atoms with E-state index in [-0.39, 0.29) is 12.0 Å². The molecule has 3 aromatic rings. The van der Waals surface area contributed by atoms with Crippen LogP contribution in [0.3, 0.4) is 0 Å². The van der Waals surface area contributed by atoms with Crippen LogP contribution in [0.2, 0.25) is 0 Å². The van der Waals surface area contributed by atoms with E-state index < -0.39 is 0 Å². The molecule has 30 heavy (non-hydrogen) atoms. The number of aliphatic hydroxyl groups excluding tert-OH is 1. The molecule has 4 rings (SSSR count). The molecule has 1 aliphatic rings. The number of aliphatic hydroxyl groups is 1. The second kappa shape index (κ2) is 9.02. The fraction of sp³-hybridized carbons (Fsp3) is 0.261. The van der Waals surface area contributed by atoms with Crippen LogP contribution in [0.25, 0.3) is 17.2 Å². The minimum atomic E-state index is -0.214. The number of aryl methyl sites for hydroxylation is 1. The van der Waals surface area contributed by atoms with Crippen LogP contribution < -0.4 is 5.32 Å². The molecule has 0 bridgehead atoms. The van der Waals surface area contributed by atoms with Crippen molar-refractivity contribution in [3.63, 3.8) is 0 Å². The summed E-state index contributed by atoms with van der Waals surface area (Å²) in [7, 11) is 1.87. The van der Waals surface area contributed by atoms with Gasteiger partial charge in [0.1, 0.15) is 0 Å². The largest absolute Gasteiger partial charge is 0.392 e. The van der Waals surface area contributed by atoms with Gasteiger partial charge in [0.15, 0.2) is 0 Å². The summed E-state index contributed by atoms with van der Waals surface area (Å²) in [5.41, 5.74) is 4.70. The summed E-state index contributed by atoms with van der Waals surface area (Å²) >= 11 is 0. The molecule has 1 atom stereocenters. The lowest BCUT2D eigenvalue weighted by atomic mass is 10.0. The summed E-state index contributed by atoms with van der Waals surface area (Å²) in [5.74, 6) is -0.202. The van der Waals surface area contributed by atoms with Gasteiger partial charge in [-0.25, -0.2) is 0 Å². The van der Waals surface area contributed by atoms with E-state index in [0.29, 0.717) is 0 Å². The van der Waals surface area contributed by atoms with Crippen LogP contribution in [0.4, 0.5) is 5.69 Å². The quantitative estimate of drug-likeness (QED) is 0.619. The molecule has 1 amide bonds. The Bertz CT molecular complexity index is 1040. The fourth-order valence-corrected chi connectivity index (χ4v) is 3.62. The third-order valence-electron chi connectivity index (χ3n) is 5.16. The second-order valence-corrected chi connectivity index (χ2v) is 7.56. The molecule has 0 spiro atoms. The number of β-amino-alcohol motifs (C(OH)–C–C–N with tert-alkyl or cyclic N) is 1. The molecule has 1 aliphatic heterocycles. The van der Waals surface area contributed by atoms with Crippen molar-refractivity contribution in [1.29, 1.82) is 0 Å². The van der Waals surface area contributed by atoms with Crippen LogP contribution in [-0.2, 0) is 18.4 Å². The van der Waals surface area contributed by atoms with Crippen molar-refractivity contribution < 1.29 is 9.90 Å². The first-order valence-electron chi connectivity index (χ1n) is 9.98. The van der Waals surface area contributed by atoms with Crippen molar-refractivity contribution in [3.05, 3.63) is 72.3 Å². The van der Waals surface area contributed by atoms with Crippen LogP contribution in [0.15, 0.2) is 61.2 Å². The summed E-state index contributed by atoms with van der Waals surface area (Å²) in [4.78, 5) is 18.8. The van der Waals surface area contributed by atoms with Crippen LogP contribution in [-0.4, -0.2) is 49.9 Å². The molecule has 2 N–H and O–H groups in total. The van der Waals surface area contributed by atoms with Crippen molar-refractivity contribution in [2.45, 2.75) is 19.1 Å². The average molecular weight is 403 g/mol. The molecule has 1 saturated heterocycles. The van der Waals surface area contributed by atoms with Gasteiger partial charge >= 0.3 is 0 Å². The molecule has 1 aromatic carbocycles. The minimum Gasteiger partial charge on any atom is -0.392 e. The molecule has 0 saturated carbocycles. The van der Waals surface area contributed by atoms with Gasteiger partial charge in [0, 0.05) is 68.2 Å². The number of rotatable bonds is 6. The van der Waals surface area contributed by atoms with Gasteiger partial charge < -0.3 is 10.4 Å². The van der Waals surface area contributed by atoms with Gasteiger partial charge in [0.2, 0.25) is 5.91 Å². The summed E-state index contributed by atoms with van der Waals surface area (Å²) in [6.07, 6.45) is 11.1. The van der Waals surface area contributed by atoms with Crippen molar-refractivity contribution in [2.24, 2.45) is 7.05 Å². The number of pyridine rings is 1. The number of benzene rings is 1. The lowest BCUT2D eigenvalue weighted by Gasteiger charge is -2.15. The second-order valence-electron chi connectivity index (χ2n) is 7.56. The highest BCUT2D eigenvalue weighted by molar-refractivity contribution is 6.02. The number of nitrogens with one attached hydrogen (secondary N) is 1. The van der Waals surface area contributed by atoms with E-state index in [4.69, 9.17) is 0 Å². The third kappa shape index (κ3) is 5.00. The van der Waals surface area contributed by atoms with E-state index >= 15 is 0 Å². The first-order valence-corrected chi connectivity index (χ1v) is 9.98. The number of aromatic nitrogens is 3. The van der Waals surface area contributed by atoms with Gasteiger partial charge in [-0.1, -0.05) is 12.1 Å². The van der Waals surface area contributed by atoms with E-state index in [0.717, 1.165) is 54.0 Å². The molecule has 1 unspecified atom stereocenters. The number of nitrogens with zero attached hydrogens (tertiary/aromatic N) is 4. The zero-order valence-corrected chi connectivity index (χ0v) is 16.9. The maximum Gasteiger partial charge on any atom is 0.248 e. The smallest absolute Gasteiger partial charge is 0.248 e. The Labute approximate surface area is 175 Å². The molecule has 154 valence electrons. The van der Waals surface area contributed by atoms with Crippen molar-refractivity contribution in [2.75, 3.05) is 18.4 Å². The normalized spacial score (nSPS) is 16.9. The van der Waals surface area contributed by atoms with E-state index in [2.05, 4.69) is 20.3 Å². The highest BCUT2D eigenvalue weighted by Gasteiger charge is 2.19. The molecule has 2 aromatic heterocycles. The SMILES string of the molecule is Cn1cc(-c2ccncc2/C=C/C(=O)Nc2ccc(CN3CCC(O)C3)cc2)cn1. The Kier molecular flexibility index (Phi) is 6.02. The van der Waals surface area contributed by atoms with E-state index in [1.165, 1.54) is 6.08 Å². The maximum atomic E-state index is 12.4. The number of amides is 1. The number of carbonyl (C=O) groups is 1. The van der Waals surface area contributed by atoms with Gasteiger partial charge in [-0.2, -0.15) is 5.10 Å². The summed E-state index contributed by atoms with van der Waals surface area (Å²) in [6, 6.07) is 9.72. The zero-order valence-electron chi connectivity index (χ0n) is 16.9. The van der Waals surface area contributed by atoms with Crippen molar-refractivity contribution in [3.8, 4) is 11.1 Å². The topological polar surface area (TPSA) is 83.3 Å². The molecule has 7 heteroatoms. The maximum absolute atomic E-state index is 12.4. The molecule has 3 heterocycles. The van der Waals surface area contributed by atoms with E-state index in [9.17, 15) is 9.90 Å². The van der Waals surface area contributed by atoms with Crippen LogP contribution in [0.5, 0.6) is 0 Å². The number of hydrogen-bond acceptors (Lipinski definition) is 5. The number of likely N-dealkylation sites (tertiary alicyclic amines) is 1. The summed E-state index contributed by atoms with van der Waals surface area (Å²) in [6.45, 7) is 2.45. The van der Waals surface area contributed by atoms with E-state index in [1.54, 1.807) is 29.3 Å². The van der Waals surface area contributed by atoms with Crippen LogP contribution in [0, 0.1) is 0 Å². The highest BCUT2D eigenvalue weighted by Crippen LogP contribution is 2.23. The Hall–Kier alpha value is -3.29. The average Bonchev–Trinajstić information content (AvgIpc) is 3.36. The fourth-order valence-electron chi connectivity index (χ4n) is 3.62. The lowest BCUT2D eigenvalue weighted by Crippen LogP contribution is -2.21. The molecular formula is C23H25N5O2. The van der Waals surface area contributed by atoms with Gasteiger partial charge in [-0.05, 0) is 41.8 Å². The molecule has 1 fully saturated rings. The highest BCUT2D eigenvalue weighted by atomic mass is 16.3. The lowest BCUT2D eigenvalue weighted by molar-refractivity contribution is -0.111. The minimum absolute atomic E-state index is 0.202. The van der Waals surface area contributed by atoms with Gasteiger partial charge in [-0.15, -0.1) is 0 Å². The van der Waals surface area contributed by atoms with Gasteiger partial charge in [-0.3, -0.25) is 19.4 Å². The molecular weight excluding hydrogens is 378 g/mol. The first kappa shape index (κ1) is 20.0. The Morgan fingerprint density at radius 2 is 2.10 bits per heavy atom. The van der Waals surface area contributed by atoms with Crippen LogP contribution >= 0.6 is 0 Å². The summed E-state index contributed by atoms with van der Waals surface area (Å²) in [5, 5.41) is 16.7. The van der Waals surface area contributed by atoms with Crippen molar-refractivity contribution >= 4 is 17.7 Å². The molecule has 0 radical (unpaired) electrons. The first-order chi connectivity index (χ1) is 14.6. The van der Waals surface area contributed by atoms with E-state index in [1.807, 2.05) is 43.6 Å². The van der Waals surface area contributed by atoms with Crippen molar-refractivity contribution in [1.82, 2.24) is 19.7 Å². The van der Waals surface area contributed by atoms with Gasteiger partial charge in [0.25, 0.3) is 0 Å². The number of hydrogen-bond donors (Lipinski definition) is 2. The standard InChI is InChI=1S/C23H25N5O2/c1-27-15-19(13-25-27)22-8-10-24-12-18(22)4-7-23(30)26-20-5-2-17(3-6-20)14-28-11-9-21(29)16-28/h2-8,10,12-13,15,21,29H,9,11,14,16H2,1H3,(H,26,30)/b7-4+. The summed E-state index contributed by atoms with van der Waals surface area (Å²) < 4.78 is 1.74.